The van der Waals surface area contributed by atoms with Gasteiger partial charge in [-0.05, 0) is 25.3 Å². The summed E-state index contributed by atoms with van der Waals surface area (Å²) in [6, 6.07) is 4.28. The molecule has 0 atom stereocenters. The van der Waals surface area contributed by atoms with Gasteiger partial charge in [0.05, 0.1) is 13.0 Å². The molecule has 3 rings (SSSR count). The van der Waals surface area contributed by atoms with Gasteiger partial charge in [-0.3, -0.25) is 0 Å². The summed E-state index contributed by atoms with van der Waals surface area (Å²) in [5, 5.41) is 0. The second-order valence-electron chi connectivity index (χ2n) is 4.31. The van der Waals surface area contributed by atoms with Crippen LogP contribution in [0.4, 0.5) is 0 Å². The molecule has 0 saturated heterocycles. The van der Waals surface area contributed by atoms with Crippen molar-refractivity contribution in [1.29, 1.82) is 0 Å². The molecule has 2 aromatic rings. The number of fused-ring (bicyclic) bond motifs is 1. The molecule has 1 fully saturated rings. The Hall–Kier alpha value is -1.29. The van der Waals surface area contributed by atoms with E-state index in [1.54, 1.807) is 7.11 Å². The van der Waals surface area contributed by atoms with E-state index in [-0.39, 0.29) is 0 Å². The van der Waals surface area contributed by atoms with Crippen LogP contribution in [-0.4, -0.2) is 21.6 Å². The molecule has 4 nitrogen and oxygen atoms in total. The Balaban J connectivity index is 2.19. The maximum absolute atomic E-state index is 5.96. The molecule has 0 unspecified atom stereocenters. The standard InChI is InChI=1S/C12H14ClN3O/c1-17-11-6-5-9-12(15-11)16(8-3-2-4-8)10(7-13)14-9/h5-6,8H,2-4,7H2,1H3. The van der Waals surface area contributed by atoms with Gasteiger partial charge in [-0.15, -0.1) is 11.6 Å². The molecule has 90 valence electrons. The number of pyridine rings is 1. The third-order valence-corrected chi connectivity index (χ3v) is 3.59. The highest BCUT2D eigenvalue weighted by Gasteiger charge is 2.25. The van der Waals surface area contributed by atoms with Crippen molar-refractivity contribution >= 4 is 22.8 Å². The van der Waals surface area contributed by atoms with Crippen molar-refractivity contribution in [2.45, 2.75) is 31.2 Å². The fraction of sp³-hybridized carbons (Fsp3) is 0.500. The number of imidazole rings is 1. The highest BCUT2D eigenvalue weighted by Crippen LogP contribution is 2.35. The third-order valence-electron chi connectivity index (χ3n) is 3.35. The van der Waals surface area contributed by atoms with E-state index in [4.69, 9.17) is 16.3 Å². The lowest BCUT2D eigenvalue weighted by Crippen LogP contribution is -2.19. The topological polar surface area (TPSA) is 39.9 Å². The fourth-order valence-corrected chi connectivity index (χ4v) is 2.43. The lowest BCUT2D eigenvalue weighted by Gasteiger charge is -2.28. The van der Waals surface area contributed by atoms with E-state index >= 15 is 0 Å². The molecule has 0 radical (unpaired) electrons. The number of halogens is 1. The number of aromatic nitrogens is 3. The zero-order chi connectivity index (χ0) is 11.8. The summed E-state index contributed by atoms with van der Waals surface area (Å²) in [6.45, 7) is 0. The predicted molar refractivity (Wildman–Crippen MR) is 66.5 cm³/mol. The normalized spacial score (nSPS) is 16.1. The summed E-state index contributed by atoms with van der Waals surface area (Å²) in [6.07, 6.45) is 3.65. The maximum Gasteiger partial charge on any atom is 0.215 e. The molecule has 0 amide bonds. The highest BCUT2D eigenvalue weighted by atomic mass is 35.5. The first-order valence-electron chi connectivity index (χ1n) is 5.81. The van der Waals surface area contributed by atoms with Crippen molar-refractivity contribution in [2.24, 2.45) is 0 Å². The van der Waals surface area contributed by atoms with Gasteiger partial charge in [0, 0.05) is 12.1 Å². The van der Waals surface area contributed by atoms with Crippen LogP contribution in [0, 0.1) is 0 Å². The van der Waals surface area contributed by atoms with Crippen LogP contribution in [0.5, 0.6) is 5.88 Å². The average Bonchev–Trinajstić information content (AvgIpc) is 2.65. The molecule has 0 N–H and O–H groups in total. The fourth-order valence-electron chi connectivity index (χ4n) is 2.24. The zero-order valence-corrected chi connectivity index (χ0v) is 10.4. The van der Waals surface area contributed by atoms with Gasteiger partial charge in [0.15, 0.2) is 5.65 Å². The van der Waals surface area contributed by atoms with Gasteiger partial charge < -0.3 is 9.30 Å². The second-order valence-corrected chi connectivity index (χ2v) is 4.58. The molecule has 17 heavy (non-hydrogen) atoms. The number of hydrogen-bond acceptors (Lipinski definition) is 3. The molecular weight excluding hydrogens is 238 g/mol. The van der Waals surface area contributed by atoms with Crippen molar-refractivity contribution in [3.05, 3.63) is 18.0 Å². The van der Waals surface area contributed by atoms with Crippen LogP contribution in [-0.2, 0) is 5.88 Å². The van der Waals surface area contributed by atoms with Gasteiger partial charge >= 0.3 is 0 Å². The molecule has 1 aliphatic carbocycles. The summed E-state index contributed by atoms with van der Waals surface area (Å²) >= 11 is 5.96. The van der Waals surface area contributed by atoms with Crippen LogP contribution in [0.2, 0.25) is 0 Å². The summed E-state index contributed by atoms with van der Waals surface area (Å²) in [5.74, 6) is 1.96. The summed E-state index contributed by atoms with van der Waals surface area (Å²) in [4.78, 5) is 9.01. The van der Waals surface area contributed by atoms with Gasteiger partial charge in [-0.1, -0.05) is 0 Å². The monoisotopic (exact) mass is 251 g/mol. The summed E-state index contributed by atoms with van der Waals surface area (Å²) in [5.41, 5.74) is 1.79. The number of rotatable bonds is 3. The van der Waals surface area contributed by atoms with E-state index in [0.717, 1.165) is 17.0 Å². The molecule has 0 bridgehead atoms. The van der Waals surface area contributed by atoms with Crippen LogP contribution >= 0.6 is 11.6 Å². The molecule has 2 heterocycles. The lowest BCUT2D eigenvalue weighted by atomic mass is 9.93. The van der Waals surface area contributed by atoms with Crippen molar-refractivity contribution in [1.82, 2.24) is 14.5 Å². The predicted octanol–water partition coefficient (Wildman–Crippen LogP) is 2.90. The average molecular weight is 252 g/mol. The summed E-state index contributed by atoms with van der Waals surface area (Å²) in [7, 11) is 1.63. The van der Waals surface area contributed by atoms with E-state index < -0.39 is 0 Å². The number of alkyl halides is 1. The minimum absolute atomic E-state index is 0.426. The van der Waals surface area contributed by atoms with Crippen molar-refractivity contribution in [3.63, 3.8) is 0 Å². The Morgan fingerprint density at radius 1 is 1.41 bits per heavy atom. The van der Waals surface area contributed by atoms with Crippen LogP contribution < -0.4 is 4.74 Å². The van der Waals surface area contributed by atoms with E-state index in [2.05, 4.69) is 14.5 Å². The molecule has 1 aliphatic rings. The van der Waals surface area contributed by atoms with Crippen LogP contribution in [0.15, 0.2) is 12.1 Å². The van der Waals surface area contributed by atoms with Crippen molar-refractivity contribution in [3.8, 4) is 5.88 Å². The quantitative estimate of drug-likeness (QED) is 0.788. The molecule has 0 aromatic carbocycles. The zero-order valence-electron chi connectivity index (χ0n) is 9.69. The first kappa shape index (κ1) is 10.8. The largest absolute Gasteiger partial charge is 0.481 e. The Bertz CT molecular complexity index is 548. The van der Waals surface area contributed by atoms with E-state index in [1.807, 2.05) is 12.1 Å². The van der Waals surface area contributed by atoms with Crippen molar-refractivity contribution < 1.29 is 4.74 Å². The summed E-state index contributed by atoms with van der Waals surface area (Å²) < 4.78 is 7.34. The Morgan fingerprint density at radius 2 is 2.24 bits per heavy atom. The van der Waals surface area contributed by atoms with Gasteiger partial charge in [-0.25, -0.2) is 4.98 Å². The van der Waals surface area contributed by atoms with E-state index in [0.29, 0.717) is 17.8 Å². The van der Waals surface area contributed by atoms with Gasteiger partial charge in [0.1, 0.15) is 11.3 Å². The second kappa shape index (κ2) is 4.18. The molecule has 1 saturated carbocycles. The van der Waals surface area contributed by atoms with Crippen LogP contribution in [0.25, 0.3) is 11.2 Å². The third kappa shape index (κ3) is 1.67. The number of nitrogens with zero attached hydrogens (tertiary/aromatic N) is 3. The molecule has 0 spiro atoms. The first-order valence-corrected chi connectivity index (χ1v) is 6.34. The van der Waals surface area contributed by atoms with E-state index in [1.165, 1.54) is 19.3 Å². The van der Waals surface area contributed by atoms with Gasteiger partial charge in [0.2, 0.25) is 5.88 Å². The molecule has 0 aliphatic heterocycles. The molecular formula is C12H14ClN3O. The van der Waals surface area contributed by atoms with Crippen LogP contribution in [0.1, 0.15) is 31.1 Å². The number of ether oxygens (including phenoxy) is 1. The highest BCUT2D eigenvalue weighted by molar-refractivity contribution is 6.16. The number of hydrogen-bond donors (Lipinski definition) is 0. The minimum Gasteiger partial charge on any atom is -0.481 e. The van der Waals surface area contributed by atoms with Gasteiger partial charge in [0.25, 0.3) is 0 Å². The first-order chi connectivity index (χ1) is 8.33. The number of methoxy groups -OCH3 is 1. The molecule has 2 aromatic heterocycles. The molecule has 5 heteroatoms. The van der Waals surface area contributed by atoms with Gasteiger partial charge in [-0.2, -0.15) is 4.98 Å². The smallest absolute Gasteiger partial charge is 0.215 e. The SMILES string of the molecule is COc1ccc2nc(CCl)n(C3CCC3)c2n1. The van der Waals surface area contributed by atoms with Crippen LogP contribution in [0.3, 0.4) is 0 Å². The minimum atomic E-state index is 0.426. The Morgan fingerprint density at radius 3 is 2.82 bits per heavy atom. The Kier molecular flexibility index (Phi) is 2.67. The Labute approximate surface area is 105 Å². The maximum atomic E-state index is 5.96. The van der Waals surface area contributed by atoms with Crippen molar-refractivity contribution in [2.75, 3.05) is 7.11 Å². The van der Waals surface area contributed by atoms with E-state index in [9.17, 15) is 0 Å². The lowest BCUT2D eigenvalue weighted by molar-refractivity contribution is 0.313.